The molecule has 58 valence electrons. The van der Waals surface area contributed by atoms with Gasteiger partial charge in [0.05, 0.1) is 0 Å². The Hall–Kier alpha value is -1.06. The van der Waals surface area contributed by atoms with Gasteiger partial charge in [0.25, 0.3) is 0 Å². The zero-order valence-electron chi connectivity index (χ0n) is 6.41. The maximum absolute atomic E-state index is 4.73. The van der Waals surface area contributed by atoms with Gasteiger partial charge in [-0.25, -0.2) is 0 Å². The molecule has 0 bridgehead atoms. The minimum absolute atomic E-state index is 0.674. The average molecular weight is 142 g/mol. The highest BCUT2D eigenvalue weighted by atomic mass is 15.5. The first-order valence-corrected chi connectivity index (χ1v) is 3.28. The van der Waals surface area contributed by atoms with Crippen LogP contribution in [0.2, 0.25) is 0 Å². The van der Waals surface area contributed by atoms with Crippen LogP contribution >= 0.6 is 0 Å². The summed E-state index contributed by atoms with van der Waals surface area (Å²) in [6, 6.07) is 0. The fraction of sp³-hybridized carbons (Fsp3) is 0.667. The molecule has 0 aliphatic heterocycles. The second kappa shape index (κ2) is 6.07. The summed E-state index contributed by atoms with van der Waals surface area (Å²) in [5, 5.41) is 6.35. The third-order valence-electron chi connectivity index (χ3n) is 0.915. The Bertz CT molecular complexity index is 117. The Morgan fingerprint density at radius 1 is 1.60 bits per heavy atom. The largest absolute Gasteiger partial charge is 0.303 e. The van der Waals surface area contributed by atoms with Crippen LogP contribution in [0.4, 0.5) is 0 Å². The van der Waals surface area contributed by atoms with Gasteiger partial charge in [-0.2, -0.15) is 0 Å². The van der Waals surface area contributed by atoms with E-state index in [9.17, 15) is 0 Å². The van der Waals surface area contributed by atoms with E-state index in [4.69, 9.17) is 5.84 Å². The molecule has 0 aromatic carbocycles. The first kappa shape index (κ1) is 8.94. The molecule has 4 heteroatoms. The molecule has 0 saturated carbocycles. The lowest BCUT2D eigenvalue weighted by Crippen LogP contribution is -1.93. The van der Waals surface area contributed by atoms with Gasteiger partial charge in [-0.15, -0.1) is 0 Å². The fourth-order valence-corrected chi connectivity index (χ4v) is 0.460. The molecule has 0 amide bonds. The topological polar surface area (TPSA) is 62.8 Å². The quantitative estimate of drug-likeness (QED) is 0.354. The molecule has 0 atom stereocenters. The highest BCUT2D eigenvalue weighted by molar-refractivity contribution is 4.78. The Morgan fingerprint density at radius 2 is 2.30 bits per heavy atom. The lowest BCUT2D eigenvalue weighted by atomic mass is 10.1. The van der Waals surface area contributed by atoms with E-state index in [1.54, 1.807) is 6.20 Å². The van der Waals surface area contributed by atoms with E-state index in [2.05, 4.69) is 29.7 Å². The van der Waals surface area contributed by atoms with Crippen molar-refractivity contribution in [2.24, 2.45) is 22.2 Å². The Balaban J connectivity index is 3.20. The zero-order valence-corrected chi connectivity index (χ0v) is 6.41. The summed E-state index contributed by atoms with van der Waals surface area (Å²) in [4.78, 5) is 0. The van der Waals surface area contributed by atoms with Gasteiger partial charge in [-0.1, -0.05) is 30.4 Å². The van der Waals surface area contributed by atoms with E-state index in [1.807, 2.05) is 6.08 Å². The summed E-state index contributed by atoms with van der Waals surface area (Å²) in [5.41, 5.74) is 2.54. The minimum atomic E-state index is 0.674. The molecule has 0 aromatic rings. The van der Waals surface area contributed by atoms with Crippen LogP contribution in [0.5, 0.6) is 0 Å². The van der Waals surface area contributed by atoms with Crippen LogP contribution in [0.1, 0.15) is 20.3 Å². The molecule has 0 rings (SSSR count). The second-order valence-electron chi connectivity index (χ2n) is 2.38. The molecule has 10 heavy (non-hydrogen) atoms. The van der Waals surface area contributed by atoms with Gasteiger partial charge in [-0.3, -0.25) is 5.43 Å². The Kier molecular flexibility index (Phi) is 5.42. The Labute approximate surface area is 61.2 Å². The van der Waals surface area contributed by atoms with Crippen LogP contribution in [0.25, 0.3) is 0 Å². The van der Waals surface area contributed by atoms with Crippen molar-refractivity contribution in [1.29, 1.82) is 0 Å². The molecular formula is C6H14N4. The third kappa shape index (κ3) is 6.94. The van der Waals surface area contributed by atoms with Crippen molar-refractivity contribution in [3.05, 3.63) is 12.3 Å². The molecule has 0 aliphatic rings. The van der Waals surface area contributed by atoms with Crippen LogP contribution in [-0.2, 0) is 0 Å². The molecule has 0 aromatic heterocycles. The van der Waals surface area contributed by atoms with Crippen LogP contribution < -0.4 is 11.3 Å². The number of rotatable bonds is 4. The summed E-state index contributed by atoms with van der Waals surface area (Å²) in [6.45, 7) is 4.30. The number of hydrogen-bond acceptors (Lipinski definition) is 2. The maximum atomic E-state index is 4.73. The number of nitrogens with one attached hydrogen (secondary N) is 1. The summed E-state index contributed by atoms with van der Waals surface area (Å²) >= 11 is 0. The summed E-state index contributed by atoms with van der Waals surface area (Å²) in [6.07, 6.45) is 4.74. The number of hydrogen-bond donors (Lipinski definition) is 2. The molecule has 4 nitrogen and oxygen atoms in total. The number of nitrogens with two attached hydrogens (primary N) is 1. The fourth-order valence-electron chi connectivity index (χ4n) is 0.460. The number of allylic oxidation sites excluding steroid dienone is 1. The number of nitrogens with zero attached hydrogens (tertiary/aromatic N) is 2. The first-order valence-electron chi connectivity index (χ1n) is 3.28. The standard InChI is InChI=1S/C6H14N4/c1-6(2)4-3-5-8-10-9-7/h3,5-6H,4H2,1-2H3,(H2,7,10)(H,8,9)/b5-3-. The SMILES string of the molecule is CC(C)C/C=C\NN=NN. The van der Waals surface area contributed by atoms with Crippen LogP contribution in [0, 0.1) is 5.92 Å². The van der Waals surface area contributed by atoms with Gasteiger partial charge in [0.2, 0.25) is 0 Å². The third-order valence-corrected chi connectivity index (χ3v) is 0.915. The molecule has 0 unspecified atom stereocenters. The van der Waals surface area contributed by atoms with Crippen molar-refractivity contribution < 1.29 is 0 Å². The first-order chi connectivity index (χ1) is 4.77. The minimum Gasteiger partial charge on any atom is -0.303 e. The monoisotopic (exact) mass is 142 g/mol. The normalized spacial score (nSPS) is 11.9. The average Bonchev–Trinajstić information content (AvgIpc) is 1.87. The van der Waals surface area contributed by atoms with Gasteiger partial charge < -0.3 is 5.84 Å². The summed E-state index contributed by atoms with van der Waals surface area (Å²) in [7, 11) is 0. The van der Waals surface area contributed by atoms with E-state index in [-0.39, 0.29) is 0 Å². The van der Waals surface area contributed by atoms with Gasteiger partial charge in [0.1, 0.15) is 0 Å². The van der Waals surface area contributed by atoms with E-state index in [0.29, 0.717) is 5.92 Å². The van der Waals surface area contributed by atoms with Crippen LogP contribution in [0.3, 0.4) is 0 Å². The van der Waals surface area contributed by atoms with Crippen LogP contribution in [-0.4, -0.2) is 0 Å². The van der Waals surface area contributed by atoms with Gasteiger partial charge in [0, 0.05) is 6.20 Å². The molecule has 0 heterocycles. The highest BCUT2D eigenvalue weighted by Crippen LogP contribution is 1.98. The van der Waals surface area contributed by atoms with Crippen molar-refractivity contribution in [3.63, 3.8) is 0 Å². The van der Waals surface area contributed by atoms with E-state index in [0.717, 1.165) is 6.42 Å². The maximum Gasteiger partial charge on any atom is 0.0177 e. The summed E-state index contributed by atoms with van der Waals surface area (Å²) in [5.74, 6) is 5.41. The lowest BCUT2D eigenvalue weighted by Gasteiger charge is -1.95. The van der Waals surface area contributed by atoms with Gasteiger partial charge in [0.15, 0.2) is 0 Å². The smallest absolute Gasteiger partial charge is 0.0177 e. The van der Waals surface area contributed by atoms with Crippen molar-refractivity contribution >= 4 is 0 Å². The molecule has 0 spiro atoms. The van der Waals surface area contributed by atoms with Gasteiger partial charge in [-0.05, 0) is 12.3 Å². The Morgan fingerprint density at radius 3 is 2.80 bits per heavy atom. The zero-order chi connectivity index (χ0) is 7.82. The van der Waals surface area contributed by atoms with Crippen molar-refractivity contribution in [2.45, 2.75) is 20.3 Å². The van der Waals surface area contributed by atoms with Gasteiger partial charge >= 0.3 is 0 Å². The molecular weight excluding hydrogens is 128 g/mol. The van der Waals surface area contributed by atoms with E-state index < -0.39 is 0 Å². The van der Waals surface area contributed by atoms with Crippen molar-refractivity contribution in [2.75, 3.05) is 0 Å². The van der Waals surface area contributed by atoms with Crippen LogP contribution in [0.15, 0.2) is 22.7 Å². The summed E-state index contributed by atoms with van der Waals surface area (Å²) < 4.78 is 0. The second-order valence-corrected chi connectivity index (χ2v) is 2.38. The molecule has 0 fully saturated rings. The highest BCUT2D eigenvalue weighted by Gasteiger charge is 1.85. The van der Waals surface area contributed by atoms with E-state index in [1.165, 1.54) is 0 Å². The molecule has 0 saturated heterocycles. The lowest BCUT2D eigenvalue weighted by molar-refractivity contribution is 0.660. The van der Waals surface area contributed by atoms with Crippen molar-refractivity contribution in [1.82, 2.24) is 5.43 Å². The predicted octanol–water partition coefficient (Wildman–Crippen LogP) is 1.38. The molecule has 3 N–H and O–H groups in total. The predicted molar refractivity (Wildman–Crippen MR) is 40.8 cm³/mol. The van der Waals surface area contributed by atoms with Crippen molar-refractivity contribution in [3.8, 4) is 0 Å². The molecule has 0 aliphatic carbocycles. The molecule has 0 radical (unpaired) electrons. The van der Waals surface area contributed by atoms with E-state index >= 15 is 0 Å².